The van der Waals surface area contributed by atoms with Crippen molar-refractivity contribution in [3.8, 4) is 0 Å². The molecule has 2 N–H and O–H groups in total. The topological polar surface area (TPSA) is 94.7 Å². The number of hydrogen-bond acceptors (Lipinski definition) is 3. The standard InChI is InChI=1S/C11H11NO5/c1-12(17)8-4-2-7(3-5-8)9(11(15)16)6-10(13)14/h2-5,9H,6H2,1H3,(H-,13,14,15,16)/p+1. The minimum absolute atomic E-state index is 0.366. The lowest BCUT2D eigenvalue weighted by molar-refractivity contribution is -0.428. The fourth-order valence-corrected chi connectivity index (χ4v) is 1.44. The van der Waals surface area contributed by atoms with Crippen molar-refractivity contribution in [1.82, 2.24) is 0 Å². The minimum atomic E-state index is -1.20. The van der Waals surface area contributed by atoms with Gasteiger partial charge in [0, 0.05) is 21.8 Å². The molecule has 6 heteroatoms. The highest BCUT2D eigenvalue weighted by Crippen LogP contribution is 2.22. The summed E-state index contributed by atoms with van der Waals surface area (Å²) in [6, 6.07) is 5.82. The molecule has 1 aromatic rings. The maximum absolute atomic E-state index is 10.9. The SMILES string of the molecule is C[N+](=O)c1ccc(C(CC(=O)O)C(=O)O)cc1. The Bertz CT molecular complexity index is 451. The van der Waals surface area contributed by atoms with Gasteiger partial charge in [-0.1, -0.05) is 12.1 Å². The number of hydrogen-bond donors (Lipinski definition) is 2. The molecule has 1 rings (SSSR count). The minimum Gasteiger partial charge on any atom is -0.481 e. The molecule has 1 atom stereocenters. The number of nitrogens with zero attached hydrogens (tertiary/aromatic N) is 1. The highest BCUT2D eigenvalue weighted by Gasteiger charge is 2.23. The first kappa shape index (κ1) is 12.8. The van der Waals surface area contributed by atoms with E-state index < -0.39 is 24.3 Å². The third-order valence-corrected chi connectivity index (χ3v) is 2.34. The molecule has 0 spiro atoms. The molecule has 0 aromatic heterocycles. The van der Waals surface area contributed by atoms with Gasteiger partial charge in [0.25, 0.3) is 5.69 Å². The molecule has 0 aliphatic rings. The van der Waals surface area contributed by atoms with E-state index in [0.717, 1.165) is 0 Å². The predicted molar refractivity (Wildman–Crippen MR) is 58.3 cm³/mol. The molecule has 0 fully saturated rings. The van der Waals surface area contributed by atoms with Gasteiger partial charge < -0.3 is 10.2 Å². The average molecular weight is 238 g/mol. The molecule has 1 aromatic carbocycles. The van der Waals surface area contributed by atoms with Crippen LogP contribution in [-0.2, 0) is 9.59 Å². The molecule has 0 heterocycles. The second-order valence-corrected chi connectivity index (χ2v) is 3.58. The number of carbonyl (C=O) groups is 2. The number of rotatable bonds is 5. The second-order valence-electron chi connectivity index (χ2n) is 3.58. The molecule has 6 nitrogen and oxygen atoms in total. The van der Waals surface area contributed by atoms with E-state index in [1.54, 1.807) is 0 Å². The Morgan fingerprint density at radius 1 is 1.24 bits per heavy atom. The molecule has 0 saturated heterocycles. The Morgan fingerprint density at radius 3 is 2.12 bits per heavy atom. The summed E-state index contributed by atoms with van der Waals surface area (Å²) in [5.74, 6) is -3.48. The van der Waals surface area contributed by atoms with Gasteiger partial charge in [0.05, 0.1) is 12.3 Å². The molecule has 17 heavy (non-hydrogen) atoms. The Kier molecular flexibility index (Phi) is 3.92. The van der Waals surface area contributed by atoms with Gasteiger partial charge in [0.2, 0.25) is 0 Å². The van der Waals surface area contributed by atoms with Crippen LogP contribution in [0.3, 0.4) is 0 Å². The molecule has 0 aliphatic heterocycles. The van der Waals surface area contributed by atoms with E-state index >= 15 is 0 Å². The van der Waals surface area contributed by atoms with E-state index in [-0.39, 0.29) is 0 Å². The number of aliphatic carboxylic acids is 2. The van der Waals surface area contributed by atoms with Crippen LogP contribution in [0.4, 0.5) is 5.69 Å². The summed E-state index contributed by atoms with van der Waals surface area (Å²) in [5.41, 5.74) is 0.749. The van der Waals surface area contributed by atoms with Gasteiger partial charge in [-0.15, -0.1) is 0 Å². The first-order valence-electron chi connectivity index (χ1n) is 4.87. The lowest BCUT2D eigenvalue weighted by atomic mass is 9.96. The molecular weight excluding hydrogens is 226 g/mol. The smallest absolute Gasteiger partial charge is 0.311 e. The molecule has 0 saturated carbocycles. The first-order chi connectivity index (χ1) is 7.91. The molecule has 0 aliphatic carbocycles. The summed E-state index contributed by atoms with van der Waals surface area (Å²) in [4.78, 5) is 32.4. The van der Waals surface area contributed by atoms with Crippen LogP contribution >= 0.6 is 0 Å². The largest absolute Gasteiger partial charge is 0.481 e. The fourth-order valence-electron chi connectivity index (χ4n) is 1.44. The average Bonchev–Trinajstić information content (AvgIpc) is 2.25. The fraction of sp³-hybridized carbons (Fsp3) is 0.273. The Hall–Kier alpha value is -2.24. The maximum atomic E-state index is 10.9. The molecular formula is C11H12NO5+. The summed E-state index contributed by atoms with van der Waals surface area (Å²) < 4.78 is 0.636. The van der Waals surface area contributed by atoms with Gasteiger partial charge in [-0.2, -0.15) is 0 Å². The summed E-state index contributed by atoms with van der Waals surface area (Å²) in [6.45, 7) is 0. The summed E-state index contributed by atoms with van der Waals surface area (Å²) in [6.07, 6.45) is -0.484. The van der Waals surface area contributed by atoms with E-state index in [2.05, 4.69) is 0 Å². The number of benzene rings is 1. The van der Waals surface area contributed by atoms with Crippen molar-refractivity contribution < 1.29 is 24.6 Å². The molecule has 0 radical (unpaired) electrons. The van der Waals surface area contributed by atoms with Crippen LogP contribution in [0.1, 0.15) is 17.9 Å². The summed E-state index contributed by atoms with van der Waals surface area (Å²) >= 11 is 0. The van der Waals surface area contributed by atoms with Crippen LogP contribution in [0.25, 0.3) is 0 Å². The Morgan fingerprint density at radius 2 is 1.76 bits per heavy atom. The second kappa shape index (κ2) is 5.20. The van der Waals surface area contributed by atoms with Gasteiger partial charge >= 0.3 is 11.9 Å². The molecule has 90 valence electrons. The third kappa shape index (κ3) is 3.37. The molecule has 0 amide bonds. The van der Waals surface area contributed by atoms with Crippen molar-refractivity contribution in [2.75, 3.05) is 7.05 Å². The van der Waals surface area contributed by atoms with E-state index in [9.17, 15) is 14.5 Å². The van der Waals surface area contributed by atoms with Gasteiger partial charge in [0.1, 0.15) is 0 Å². The predicted octanol–water partition coefficient (Wildman–Crippen LogP) is 1.37. The first-order valence-corrected chi connectivity index (χ1v) is 4.87. The quantitative estimate of drug-likeness (QED) is 0.755. The van der Waals surface area contributed by atoms with Gasteiger partial charge in [-0.05, 0) is 5.56 Å². The van der Waals surface area contributed by atoms with Crippen LogP contribution in [-0.4, -0.2) is 34.0 Å². The zero-order valence-electron chi connectivity index (χ0n) is 9.16. The highest BCUT2D eigenvalue weighted by atomic mass is 16.4. The zero-order chi connectivity index (χ0) is 13.0. The van der Waals surface area contributed by atoms with Crippen molar-refractivity contribution in [3.05, 3.63) is 34.7 Å². The number of carboxylic acid groups (broad SMARTS) is 2. The van der Waals surface area contributed by atoms with E-state index in [0.29, 0.717) is 16.0 Å². The van der Waals surface area contributed by atoms with Crippen molar-refractivity contribution in [2.24, 2.45) is 0 Å². The van der Waals surface area contributed by atoms with Crippen LogP contribution in [0.15, 0.2) is 24.3 Å². The van der Waals surface area contributed by atoms with E-state index in [1.807, 2.05) is 0 Å². The van der Waals surface area contributed by atoms with Gasteiger partial charge in [-0.25, -0.2) is 0 Å². The lowest BCUT2D eigenvalue weighted by Gasteiger charge is -2.09. The third-order valence-electron chi connectivity index (χ3n) is 2.34. The van der Waals surface area contributed by atoms with Crippen LogP contribution in [0.2, 0.25) is 0 Å². The number of nitroso groups, excluding NO2 is 1. The van der Waals surface area contributed by atoms with Gasteiger partial charge in [-0.3, -0.25) is 9.59 Å². The summed E-state index contributed by atoms with van der Waals surface area (Å²) in [5, 5.41) is 17.5. The maximum Gasteiger partial charge on any atom is 0.311 e. The van der Waals surface area contributed by atoms with Crippen molar-refractivity contribution in [3.63, 3.8) is 0 Å². The number of carboxylic acids is 2. The monoisotopic (exact) mass is 238 g/mol. The van der Waals surface area contributed by atoms with Crippen LogP contribution in [0, 0.1) is 4.91 Å². The van der Waals surface area contributed by atoms with Gasteiger partial charge in [0.15, 0.2) is 7.05 Å². The van der Waals surface area contributed by atoms with Crippen LogP contribution < -0.4 is 0 Å². The van der Waals surface area contributed by atoms with Crippen molar-refractivity contribution in [1.29, 1.82) is 0 Å². The van der Waals surface area contributed by atoms with Crippen LogP contribution in [0.5, 0.6) is 0 Å². The zero-order valence-corrected chi connectivity index (χ0v) is 9.16. The molecule has 1 unspecified atom stereocenters. The Labute approximate surface area is 97.1 Å². The highest BCUT2D eigenvalue weighted by molar-refractivity contribution is 5.82. The Balaban J connectivity index is 2.99. The van der Waals surface area contributed by atoms with E-state index in [1.165, 1.54) is 31.3 Å². The van der Waals surface area contributed by atoms with E-state index in [4.69, 9.17) is 10.2 Å². The lowest BCUT2D eigenvalue weighted by Crippen LogP contribution is -2.15. The summed E-state index contributed by atoms with van der Waals surface area (Å²) in [7, 11) is 1.32. The normalized spacial score (nSPS) is 11.8. The van der Waals surface area contributed by atoms with Crippen molar-refractivity contribution in [2.45, 2.75) is 12.3 Å². The molecule has 0 bridgehead atoms. The van der Waals surface area contributed by atoms with Crippen molar-refractivity contribution >= 4 is 17.6 Å².